The molecule has 1 fully saturated rings. The van der Waals surface area contributed by atoms with Gasteiger partial charge in [0, 0.05) is 30.1 Å². The van der Waals surface area contributed by atoms with Crippen LogP contribution in [-0.2, 0) is 9.59 Å². The Morgan fingerprint density at radius 2 is 2.16 bits per heavy atom. The van der Waals surface area contributed by atoms with Crippen LogP contribution in [0, 0.1) is 12.8 Å². The molecule has 25 heavy (non-hydrogen) atoms. The summed E-state index contributed by atoms with van der Waals surface area (Å²) >= 11 is 1.41. The number of carbonyl (C=O) groups excluding carboxylic acids is 2. The van der Waals surface area contributed by atoms with E-state index in [9.17, 15) is 9.59 Å². The number of anilines is 2. The van der Waals surface area contributed by atoms with Gasteiger partial charge < -0.3 is 19.7 Å². The van der Waals surface area contributed by atoms with Crippen LogP contribution in [0.25, 0.3) is 0 Å². The number of thiazole rings is 1. The molecule has 2 heterocycles. The topological polar surface area (TPSA) is 80.8 Å². The first-order chi connectivity index (χ1) is 12.0. The number of carbonyl (C=O) groups is 2. The number of hydrogen-bond acceptors (Lipinski definition) is 6. The summed E-state index contributed by atoms with van der Waals surface area (Å²) < 4.78 is 10.6. The quantitative estimate of drug-likeness (QED) is 0.885. The van der Waals surface area contributed by atoms with Gasteiger partial charge in [-0.1, -0.05) is 0 Å². The van der Waals surface area contributed by atoms with Crippen LogP contribution in [0.15, 0.2) is 24.4 Å². The molecule has 0 spiro atoms. The molecule has 0 radical (unpaired) electrons. The lowest BCUT2D eigenvalue weighted by Crippen LogP contribution is -2.28. The van der Waals surface area contributed by atoms with E-state index in [1.54, 1.807) is 43.5 Å². The fourth-order valence-corrected chi connectivity index (χ4v) is 3.41. The molecule has 7 nitrogen and oxygen atoms in total. The third-order valence-corrected chi connectivity index (χ3v) is 4.85. The van der Waals surface area contributed by atoms with Crippen LogP contribution in [0.4, 0.5) is 10.8 Å². The van der Waals surface area contributed by atoms with Crippen molar-refractivity contribution in [3.05, 3.63) is 29.3 Å². The molecule has 1 saturated heterocycles. The van der Waals surface area contributed by atoms with Gasteiger partial charge in [0.15, 0.2) is 5.13 Å². The molecule has 0 aliphatic carbocycles. The summed E-state index contributed by atoms with van der Waals surface area (Å²) in [5, 5.41) is 3.33. The summed E-state index contributed by atoms with van der Waals surface area (Å²) in [4.78, 5) is 31.6. The van der Waals surface area contributed by atoms with Crippen molar-refractivity contribution >= 4 is 34.0 Å². The number of methoxy groups -OCH3 is 2. The maximum Gasteiger partial charge on any atom is 0.231 e. The van der Waals surface area contributed by atoms with Crippen LogP contribution in [0.2, 0.25) is 0 Å². The zero-order valence-electron chi connectivity index (χ0n) is 14.2. The van der Waals surface area contributed by atoms with Crippen molar-refractivity contribution in [1.29, 1.82) is 0 Å². The number of nitrogens with one attached hydrogen (secondary N) is 1. The molecule has 1 aliphatic heterocycles. The minimum absolute atomic E-state index is 0.123. The Balaban J connectivity index is 1.77. The van der Waals surface area contributed by atoms with Gasteiger partial charge in [0.05, 0.1) is 25.8 Å². The summed E-state index contributed by atoms with van der Waals surface area (Å²) in [6.45, 7) is 2.21. The molecule has 3 rings (SSSR count). The zero-order chi connectivity index (χ0) is 18.0. The van der Waals surface area contributed by atoms with Gasteiger partial charge >= 0.3 is 0 Å². The summed E-state index contributed by atoms with van der Waals surface area (Å²) in [6.07, 6.45) is 1.85. The monoisotopic (exact) mass is 361 g/mol. The standard InChI is InChI=1S/C17H19N3O4S/c1-10-8-18-17(25-10)19-16(22)11-6-15(21)20(9-11)13-7-12(23-2)4-5-14(13)24-3/h4-5,7-8,11H,6,9H2,1-3H3,(H,18,19,22). The minimum Gasteiger partial charge on any atom is -0.497 e. The Kier molecular flexibility index (Phi) is 4.89. The Morgan fingerprint density at radius 3 is 2.80 bits per heavy atom. The molecule has 1 unspecified atom stereocenters. The molecule has 1 aromatic carbocycles. The van der Waals surface area contributed by atoms with Crippen LogP contribution in [0.1, 0.15) is 11.3 Å². The summed E-state index contributed by atoms with van der Waals surface area (Å²) in [5.74, 6) is 0.419. The average Bonchev–Trinajstić information content (AvgIpc) is 3.19. The van der Waals surface area contributed by atoms with Gasteiger partial charge in [-0.3, -0.25) is 9.59 Å². The highest BCUT2D eigenvalue weighted by molar-refractivity contribution is 7.15. The number of ether oxygens (including phenoxy) is 2. The summed E-state index contributed by atoms with van der Waals surface area (Å²) in [6, 6.07) is 5.24. The summed E-state index contributed by atoms with van der Waals surface area (Å²) in [5.41, 5.74) is 0.604. The first-order valence-corrected chi connectivity index (χ1v) is 8.59. The van der Waals surface area contributed by atoms with Crippen molar-refractivity contribution in [3.8, 4) is 11.5 Å². The Morgan fingerprint density at radius 1 is 1.36 bits per heavy atom. The van der Waals surface area contributed by atoms with Crippen LogP contribution in [-0.4, -0.2) is 37.6 Å². The highest BCUT2D eigenvalue weighted by atomic mass is 32.1. The van der Waals surface area contributed by atoms with Crippen molar-refractivity contribution in [2.45, 2.75) is 13.3 Å². The van der Waals surface area contributed by atoms with Crippen LogP contribution >= 0.6 is 11.3 Å². The first-order valence-electron chi connectivity index (χ1n) is 7.77. The molecule has 132 valence electrons. The number of aromatic nitrogens is 1. The lowest BCUT2D eigenvalue weighted by Gasteiger charge is -2.20. The summed E-state index contributed by atoms with van der Waals surface area (Å²) in [7, 11) is 3.10. The van der Waals surface area contributed by atoms with Gasteiger partial charge in [-0.2, -0.15) is 0 Å². The number of aryl methyl sites for hydroxylation is 1. The third kappa shape index (κ3) is 3.58. The molecule has 1 N–H and O–H groups in total. The van der Waals surface area contributed by atoms with E-state index >= 15 is 0 Å². The van der Waals surface area contributed by atoms with E-state index in [4.69, 9.17) is 9.47 Å². The molecule has 0 saturated carbocycles. The van der Waals surface area contributed by atoms with Crippen LogP contribution < -0.4 is 19.7 Å². The zero-order valence-corrected chi connectivity index (χ0v) is 15.1. The van der Waals surface area contributed by atoms with E-state index < -0.39 is 5.92 Å². The second-order valence-corrected chi connectivity index (χ2v) is 6.94. The van der Waals surface area contributed by atoms with Crippen molar-refractivity contribution in [1.82, 2.24) is 4.98 Å². The van der Waals surface area contributed by atoms with E-state index in [0.29, 0.717) is 28.9 Å². The lowest BCUT2D eigenvalue weighted by atomic mass is 10.1. The second-order valence-electron chi connectivity index (χ2n) is 5.71. The van der Waals surface area contributed by atoms with E-state index in [1.807, 2.05) is 6.92 Å². The molecular weight excluding hydrogens is 342 g/mol. The number of nitrogens with zero attached hydrogens (tertiary/aromatic N) is 2. The van der Waals surface area contributed by atoms with Gasteiger partial charge in [-0.15, -0.1) is 11.3 Å². The SMILES string of the molecule is COc1ccc(OC)c(N2CC(C(=O)Nc3ncc(C)s3)CC2=O)c1. The molecule has 2 aromatic rings. The van der Waals surface area contributed by atoms with Gasteiger partial charge in [0.2, 0.25) is 11.8 Å². The molecular formula is C17H19N3O4S. The Hall–Kier alpha value is -2.61. The Labute approximate surface area is 149 Å². The van der Waals surface area contributed by atoms with E-state index in [1.165, 1.54) is 11.3 Å². The molecule has 1 aliphatic rings. The lowest BCUT2D eigenvalue weighted by molar-refractivity contribution is -0.122. The van der Waals surface area contributed by atoms with Crippen molar-refractivity contribution in [2.75, 3.05) is 31.0 Å². The largest absolute Gasteiger partial charge is 0.497 e. The smallest absolute Gasteiger partial charge is 0.231 e. The minimum atomic E-state index is -0.437. The van der Waals surface area contributed by atoms with Gasteiger partial charge in [-0.25, -0.2) is 4.98 Å². The number of hydrogen-bond donors (Lipinski definition) is 1. The van der Waals surface area contributed by atoms with Gasteiger partial charge in [0.25, 0.3) is 0 Å². The maximum atomic E-state index is 12.5. The highest BCUT2D eigenvalue weighted by Gasteiger charge is 2.36. The highest BCUT2D eigenvalue weighted by Crippen LogP contribution is 2.36. The average molecular weight is 361 g/mol. The number of rotatable bonds is 5. The van der Waals surface area contributed by atoms with Crippen LogP contribution in [0.3, 0.4) is 0 Å². The fraction of sp³-hybridized carbons (Fsp3) is 0.353. The Bertz CT molecular complexity index is 805. The number of amides is 2. The predicted molar refractivity (Wildman–Crippen MR) is 95.5 cm³/mol. The molecule has 1 atom stereocenters. The second kappa shape index (κ2) is 7.10. The van der Waals surface area contributed by atoms with E-state index in [-0.39, 0.29) is 18.2 Å². The first kappa shape index (κ1) is 17.2. The molecule has 0 bridgehead atoms. The van der Waals surface area contributed by atoms with Crippen molar-refractivity contribution in [2.24, 2.45) is 5.92 Å². The predicted octanol–water partition coefficient (Wildman–Crippen LogP) is 2.46. The molecule has 8 heteroatoms. The van der Waals surface area contributed by atoms with Gasteiger partial charge in [0.1, 0.15) is 11.5 Å². The number of benzene rings is 1. The molecule has 1 aromatic heterocycles. The maximum absolute atomic E-state index is 12.5. The fourth-order valence-electron chi connectivity index (χ4n) is 2.74. The van der Waals surface area contributed by atoms with E-state index in [0.717, 1.165) is 4.88 Å². The third-order valence-electron chi connectivity index (χ3n) is 4.02. The molecule has 2 amide bonds. The normalized spacial score (nSPS) is 16.8. The van der Waals surface area contributed by atoms with Gasteiger partial charge in [-0.05, 0) is 19.1 Å². The van der Waals surface area contributed by atoms with Crippen molar-refractivity contribution < 1.29 is 19.1 Å². The van der Waals surface area contributed by atoms with Crippen LogP contribution in [0.5, 0.6) is 11.5 Å². The van der Waals surface area contributed by atoms with Crippen molar-refractivity contribution in [3.63, 3.8) is 0 Å². The van der Waals surface area contributed by atoms with E-state index in [2.05, 4.69) is 10.3 Å².